The molecule has 126 valence electrons. The zero-order chi connectivity index (χ0) is 17.5. The number of rotatable bonds is 7. The first-order chi connectivity index (χ1) is 11.6. The molecular formula is C19H25N5. The zero-order valence-electron chi connectivity index (χ0n) is 14.9. The Morgan fingerprint density at radius 2 is 1.88 bits per heavy atom. The minimum Gasteiger partial charge on any atom is -0.357 e. The standard InChI is InChI=1S/C19H25N5/c1-5-8-16-12-18(24(6-2)7-3)23-19(21-16)22-17-11-14(4)9-10-15(17)13-20/h9-12H,5-8H2,1-4H3,(H,21,22,23). The van der Waals surface area contributed by atoms with Crippen molar-refractivity contribution in [3.05, 3.63) is 41.1 Å². The molecule has 5 nitrogen and oxygen atoms in total. The Balaban J connectivity index is 2.42. The van der Waals surface area contributed by atoms with Crippen molar-refractivity contribution < 1.29 is 0 Å². The van der Waals surface area contributed by atoms with Crippen LogP contribution in [0.5, 0.6) is 0 Å². The minimum atomic E-state index is 0.546. The van der Waals surface area contributed by atoms with Crippen LogP contribution in [0.1, 0.15) is 44.0 Å². The molecule has 5 heteroatoms. The van der Waals surface area contributed by atoms with Gasteiger partial charge in [0.25, 0.3) is 0 Å². The molecule has 0 atom stereocenters. The highest BCUT2D eigenvalue weighted by Gasteiger charge is 2.11. The lowest BCUT2D eigenvalue weighted by molar-refractivity contribution is 0.824. The average molecular weight is 323 g/mol. The van der Waals surface area contributed by atoms with Gasteiger partial charge in [0.1, 0.15) is 11.9 Å². The van der Waals surface area contributed by atoms with Gasteiger partial charge >= 0.3 is 0 Å². The molecule has 0 saturated heterocycles. The second-order valence-corrected chi connectivity index (χ2v) is 5.75. The Hall–Kier alpha value is -2.61. The van der Waals surface area contributed by atoms with E-state index >= 15 is 0 Å². The molecule has 0 aliphatic heterocycles. The number of aryl methyl sites for hydroxylation is 2. The van der Waals surface area contributed by atoms with Crippen LogP contribution in [0.25, 0.3) is 0 Å². The maximum Gasteiger partial charge on any atom is 0.229 e. The second kappa shape index (κ2) is 8.30. The van der Waals surface area contributed by atoms with Crippen LogP contribution in [0.3, 0.4) is 0 Å². The smallest absolute Gasteiger partial charge is 0.229 e. The van der Waals surface area contributed by atoms with Gasteiger partial charge in [0.2, 0.25) is 5.95 Å². The highest BCUT2D eigenvalue weighted by atomic mass is 15.2. The first-order valence-corrected chi connectivity index (χ1v) is 8.51. The highest BCUT2D eigenvalue weighted by Crippen LogP contribution is 2.22. The van der Waals surface area contributed by atoms with Crippen LogP contribution >= 0.6 is 0 Å². The fraction of sp³-hybridized carbons (Fsp3) is 0.421. The third-order valence-corrected chi connectivity index (χ3v) is 3.90. The van der Waals surface area contributed by atoms with Crippen LogP contribution in [-0.2, 0) is 6.42 Å². The van der Waals surface area contributed by atoms with E-state index in [1.54, 1.807) is 0 Å². The third kappa shape index (κ3) is 4.23. The SMILES string of the molecule is CCCc1cc(N(CC)CC)nc(Nc2cc(C)ccc2C#N)n1. The lowest BCUT2D eigenvalue weighted by Gasteiger charge is -2.21. The molecule has 1 heterocycles. The summed E-state index contributed by atoms with van der Waals surface area (Å²) in [5.74, 6) is 1.47. The summed E-state index contributed by atoms with van der Waals surface area (Å²) in [6.07, 6.45) is 1.94. The van der Waals surface area contributed by atoms with Crippen molar-refractivity contribution in [1.29, 1.82) is 5.26 Å². The van der Waals surface area contributed by atoms with E-state index in [4.69, 9.17) is 0 Å². The highest BCUT2D eigenvalue weighted by molar-refractivity contribution is 5.64. The van der Waals surface area contributed by atoms with E-state index in [1.165, 1.54) is 0 Å². The van der Waals surface area contributed by atoms with Gasteiger partial charge < -0.3 is 10.2 Å². The van der Waals surface area contributed by atoms with E-state index in [2.05, 4.69) is 53.1 Å². The summed E-state index contributed by atoms with van der Waals surface area (Å²) in [5.41, 5.74) is 3.44. The molecular weight excluding hydrogens is 298 g/mol. The molecule has 0 amide bonds. The van der Waals surface area contributed by atoms with Crippen molar-refractivity contribution in [3.63, 3.8) is 0 Å². The largest absolute Gasteiger partial charge is 0.357 e. The molecule has 0 bridgehead atoms. The van der Waals surface area contributed by atoms with Crippen molar-refractivity contribution in [2.45, 2.75) is 40.5 Å². The van der Waals surface area contributed by atoms with Gasteiger partial charge in [-0.3, -0.25) is 0 Å². The van der Waals surface area contributed by atoms with Crippen LogP contribution in [0.4, 0.5) is 17.5 Å². The Kier molecular flexibility index (Phi) is 6.14. The van der Waals surface area contributed by atoms with E-state index in [-0.39, 0.29) is 0 Å². The van der Waals surface area contributed by atoms with E-state index in [1.807, 2.05) is 25.1 Å². The van der Waals surface area contributed by atoms with Gasteiger partial charge in [-0.05, 0) is 44.9 Å². The number of hydrogen-bond acceptors (Lipinski definition) is 5. The molecule has 0 fully saturated rings. The monoisotopic (exact) mass is 323 g/mol. The number of anilines is 3. The molecule has 1 aromatic heterocycles. The molecule has 0 spiro atoms. The first-order valence-electron chi connectivity index (χ1n) is 8.51. The molecule has 0 radical (unpaired) electrons. The number of hydrogen-bond donors (Lipinski definition) is 1. The minimum absolute atomic E-state index is 0.546. The lowest BCUT2D eigenvalue weighted by atomic mass is 10.1. The van der Waals surface area contributed by atoms with Gasteiger partial charge in [0.05, 0.1) is 11.3 Å². The van der Waals surface area contributed by atoms with Crippen LogP contribution in [0, 0.1) is 18.3 Å². The maximum atomic E-state index is 9.31. The topological polar surface area (TPSA) is 64.8 Å². The first kappa shape index (κ1) is 17.7. The summed E-state index contributed by atoms with van der Waals surface area (Å²) in [5, 5.41) is 12.5. The molecule has 2 rings (SSSR count). The van der Waals surface area contributed by atoms with E-state index in [9.17, 15) is 5.26 Å². The molecule has 1 N–H and O–H groups in total. The molecule has 0 aliphatic carbocycles. The molecule has 0 unspecified atom stereocenters. The van der Waals surface area contributed by atoms with E-state index in [0.29, 0.717) is 11.5 Å². The fourth-order valence-corrected chi connectivity index (χ4v) is 2.61. The number of benzene rings is 1. The van der Waals surface area contributed by atoms with Gasteiger partial charge in [-0.1, -0.05) is 19.4 Å². The van der Waals surface area contributed by atoms with Crippen molar-refractivity contribution in [2.24, 2.45) is 0 Å². The van der Waals surface area contributed by atoms with Crippen LogP contribution in [0.2, 0.25) is 0 Å². The van der Waals surface area contributed by atoms with Crippen LogP contribution in [-0.4, -0.2) is 23.1 Å². The van der Waals surface area contributed by atoms with Crippen molar-refractivity contribution in [3.8, 4) is 6.07 Å². The molecule has 24 heavy (non-hydrogen) atoms. The third-order valence-electron chi connectivity index (χ3n) is 3.90. The van der Waals surface area contributed by atoms with Gasteiger partial charge in [-0.2, -0.15) is 10.2 Å². The lowest BCUT2D eigenvalue weighted by Crippen LogP contribution is -2.23. The molecule has 2 aromatic rings. The Labute approximate surface area is 144 Å². The molecule has 0 saturated carbocycles. The summed E-state index contributed by atoms with van der Waals surface area (Å²) in [7, 11) is 0. The van der Waals surface area contributed by atoms with Crippen molar-refractivity contribution in [2.75, 3.05) is 23.3 Å². The Morgan fingerprint density at radius 1 is 1.12 bits per heavy atom. The van der Waals surface area contributed by atoms with Gasteiger partial charge in [0.15, 0.2) is 0 Å². The van der Waals surface area contributed by atoms with Crippen LogP contribution < -0.4 is 10.2 Å². The Morgan fingerprint density at radius 3 is 2.50 bits per heavy atom. The molecule has 1 aromatic carbocycles. The predicted octanol–water partition coefficient (Wildman–Crippen LogP) is 4.20. The summed E-state index contributed by atoms with van der Waals surface area (Å²) in [4.78, 5) is 11.5. The number of nitrogens with one attached hydrogen (secondary N) is 1. The quantitative estimate of drug-likeness (QED) is 0.827. The number of aromatic nitrogens is 2. The molecule has 0 aliphatic rings. The number of nitrogens with zero attached hydrogens (tertiary/aromatic N) is 4. The van der Waals surface area contributed by atoms with Crippen LogP contribution in [0.15, 0.2) is 24.3 Å². The second-order valence-electron chi connectivity index (χ2n) is 5.75. The summed E-state index contributed by atoms with van der Waals surface area (Å²) in [6, 6.07) is 9.97. The van der Waals surface area contributed by atoms with Gasteiger partial charge in [0, 0.05) is 24.8 Å². The van der Waals surface area contributed by atoms with E-state index < -0.39 is 0 Å². The maximum absolute atomic E-state index is 9.31. The Bertz CT molecular complexity index is 729. The van der Waals surface area contributed by atoms with Crippen molar-refractivity contribution >= 4 is 17.5 Å². The summed E-state index contributed by atoms with van der Waals surface area (Å²) >= 11 is 0. The van der Waals surface area contributed by atoms with Crippen molar-refractivity contribution in [1.82, 2.24) is 9.97 Å². The van der Waals surface area contributed by atoms with Gasteiger partial charge in [-0.25, -0.2) is 4.98 Å². The summed E-state index contributed by atoms with van der Waals surface area (Å²) < 4.78 is 0. The number of nitriles is 1. The predicted molar refractivity (Wildman–Crippen MR) is 98.8 cm³/mol. The zero-order valence-corrected chi connectivity index (χ0v) is 14.9. The van der Waals surface area contributed by atoms with Gasteiger partial charge in [-0.15, -0.1) is 0 Å². The fourth-order valence-electron chi connectivity index (χ4n) is 2.61. The average Bonchev–Trinajstić information content (AvgIpc) is 2.56. The summed E-state index contributed by atoms with van der Waals surface area (Å²) in [6.45, 7) is 10.2. The normalized spacial score (nSPS) is 10.3. The van der Waals surface area contributed by atoms with E-state index in [0.717, 1.165) is 48.7 Å².